The molecule has 1 aliphatic heterocycles. The molecule has 154 valence electrons. The number of rotatable bonds is 7. The fourth-order valence-corrected chi connectivity index (χ4v) is 4.47. The summed E-state index contributed by atoms with van der Waals surface area (Å²) < 4.78 is 31.4. The van der Waals surface area contributed by atoms with Gasteiger partial charge in [0.2, 0.25) is 0 Å². The highest BCUT2D eigenvalue weighted by Gasteiger charge is 2.46. The van der Waals surface area contributed by atoms with Crippen molar-refractivity contribution in [2.24, 2.45) is 5.73 Å². The smallest absolute Gasteiger partial charge is 0.320 e. The molecule has 3 rings (SSSR count). The highest BCUT2D eigenvalue weighted by atomic mass is 32.2. The molecule has 14 heteroatoms. The molecular weight excluding hydrogens is 396 g/mol. The van der Waals surface area contributed by atoms with Crippen molar-refractivity contribution >= 4 is 32.8 Å². The van der Waals surface area contributed by atoms with Crippen LogP contribution in [0.5, 0.6) is 0 Å². The number of ether oxygens (including phenoxy) is 1. The Labute approximate surface area is 158 Å². The molecule has 0 spiro atoms. The van der Waals surface area contributed by atoms with E-state index in [9.17, 15) is 23.4 Å². The predicted octanol–water partition coefficient (Wildman–Crippen LogP) is -2.76. The minimum Gasteiger partial charge on any atom is -0.480 e. The number of hydrogen-bond donors (Lipinski definition) is 5. The third kappa shape index (κ3) is 3.90. The lowest BCUT2D eigenvalue weighted by Crippen LogP contribution is -2.37. The van der Waals surface area contributed by atoms with Crippen LogP contribution in [0.2, 0.25) is 0 Å². The summed E-state index contributed by atoms with van der Waals surface area (Å²) in [6.45, 7) is 0. The van der Waals surface area contributed by atoms with Crippen molar-refractivity contribution in [3.05, 3.63) is 12.7 Å². The molecule has 0 aromatic carbocycles. The molecule has 0 bridgehead atoms. The zero-order valence-corrected chi connectivity index (χ0v) is 15.3. The van der Waals surface area contributed by atoms with Gasteiger partial charge >= 0.3 is 5.97 Å². The molecule has 5 atom stereocenters. The van der Waals surface area contributed by atoms with E-state index < -0.39 is 57.9 Å². The molecule has 1 saturated heterocycles. The lowest BCUT2D eigenvalue weighted by atomic mass is 10.1. The van der Waals surface area contributed by atoms with E-state index in [0.29, 0.717) is 0 Å². The molecule has 0 saturated carbocycles. The molecule has 13 nitrogen and oxygen atoms in total. The van der Waals surface area contributed by atoms with Gasteiger partial charge in [0.25, 0.3) is 0 Å². The Balaban J connectivity index is 1.75. The maximum absolute atomic E-state index is 12.2. The van der Waals surface area contributed by atoms with Gasteiger partial charge in [0.15, 0.2) is 27.5 Å². The molecule has 0 aliphatic carbocycles. The minimum absolute atomic E-state index is 0.116. The largest absolute Gasteiger partial charge is 0.480 e. The average Bonchev–Trinajstić information content (AvgIpc) is 3.17. The van der Waals surface area contributed by atoms with E-state index in [1.807, 2.05) is 0 Å². The number of aliphatic hydroxyl groups is 2. The average molecular weight is 416 g/mol. The zero-order valence-electron chi connectivity index (χ0n) is 14.5. The summed E-state index contributed by atoms with van der Waals surface area (Å²) in [5.74, 6) is -2.30. The number of aliphatic carboxylic acids is 1. The molecule has 0 amide bonds. The lowest BCUT2D eigenvalue weighted by Gasteiger charge is -2.16. The molecule has 2 aromatic heterocycles. The summed E-state index contributed by atoms with van der Waals surface area (Å²) in [6, 6.07) is -1.31. The number of fused-ring (bicyclic) bond motifs is 1. The molecule has 0 radical (unpaired) electrons. The van der Waals surface area contributed by atoms with Crippen molar-refractivity contribution in [1.82, 2.24) is 19.5 Å². The molecule has 2 aromatic rings. The monoisotopic (exact) mass is 416 g/mol. The number of carbonyl (C=O) groups is 1. The van der Waals surface area contributed by atoms with Gasteiger partial charge in [0.1, 0.15) is 36.2 Å². The van der Waals surface area contributed by atoms with E-state index in [1.54, 1.807) is 0 Å². The third-order valence-electron chi connectivity index (χ3n) is 4.47. The van der Waals surface area contributed by atoms with Crippen LogP contribution in [0.1, 0.15) is 12.6 Å². The van der Waals surface area contributed by atoms with Crippen molar-refractivity contribution in [3.63, 3.8) is 0 Å². The number of nitrogens with two attached hydrogens (primary N) is 2. The summed E-state index contributed by atoms with van der Waals surface area (Å²) >= 11 is 0. The van der Waals surface area contributed by atoms with Crippen molar-refractivity contribution in [2.75, 3.05) is 17.2 Å². The first-order valence-electron chi connectivity index (χ1n) is 8.24. The van der Waals surface area contributed by atoms with Gasteiger partial charge in [-0.1, -0.05) is 0 Å². The van der Waals surface area contributed by atoms with E-state index in [1.165, 1.54) is 17.2 Å². The summed E-state index contributed by atoms with van der Waals surface area (Å²) in [4.78, 5) is 22.6. The Morgan fingerprint density at radius 2 is 2.00 bits per heavy atom. The van der Waals surface area contributed by atoms with Crippen LogP contribution in [0.25, 0.3) is 11.2 Å². The van der Waals surface area contributed by atoms with Gasteiger partial charge in [-0.15, -0.1) is 0 Å². The van der Waals surface area contributed by atoms with Crippen molar-refractivity contribution < 1.29 is 33.3 Å². The molecule has 28 heavy (non-hydrogen) atoms. The van der Waals surface area contributed by atoms with Gasteiger partial charge in [0.05, 0.1) is 17.8 Å². The van der Waals surface area contributed by atoms with Crippen molar-refractivity contribution in [2.45, 2.75) is 37.0 Å². The topological polar surface area (TPSA) is 217 Å². The fourth-order valence-electron chi connectivity index (χ4n) is 2.92. The molecular formula is C14H20N6O7S. The van der Waals surface area contributed by atoms with Crippen LogP contribution in [0.15, 0.2) is 12.7 Å². The number of imidazole rings is 1. The Bertz CT molecular complexity index is 980. The second kappa shape index (κ2) is 7.56. The predicted molar refractivity (Wildman–Crippen MR) is 94.5 cm³/mol. The van der Waals surface area contributed by atoms with Crippen LogP contribution in [0.4, 0.5) is 5.82 Å². The summed E-state index contributed by atoms with van der Waals surface area (Å²) in [6.07, 6.45) is -3.12. The van der Waals surface area contributed by atoms with Crippen LogP contribution in [-0.2, 0) is 19.4 Å². The van der Waals surface area contributed by atoms with Gasteiger partial charge in [0, 0.05) is 0 Å². The van der Waals surface area contributed by atoms with E-state index in [4.69, 9.17) is 21.3 Å². The normalized spacial score (nSPS) is 26.5. The van der Waals surface area contributed by atoms with E-state index in [0.717, 1.165) is 0 Å². The quantitative estimate of drug-likeness (QED) is 0.310. The SMILES string of the molecule is Nc1ncnc2c1ncn2C1O[C@H](CS(=O)(=O)CCC(N)C(=O)O)[C@@H](O)[C@H]1O. The second-order valence-corrected chi connectivity index (χ2v) is 8.71. The highest BCUT2D eigenvalue weighted by molar-refractivity contribution is 7.91. The van der Waals surface area contributed by atoms with Crippen LogP contribution in [-0.4, -0.2) is 85.1 Å². The minimum atomic E-state index is -3.80. The van der Waals surface area contributed by atoms with Crippen molar-refractivity contribution in [3.8, 4) is 0 Å². The number of nitrogen functional groups attached to an aromatic ring is 1. The molecule has 7 N–H and O–H groups in total. The van der Waals surface area contributed by atoms with Crippen LogP contribution in [0, 0.1) is 0 Å². The molecule has 3 heterocycles. The van der Waals surface area contributed by atoms with Gasteiger partial charge in [-0.2, -0.15) is 0 Å². The van der Waals surface area contributed by atoms with Crippen LogP contribution < -0.4 is 11.5 Å². The van der Waals surface area contributed by atoms with E-state index in [2.05, 4.69) is 15.0 Å². The van der Waals surface area contributed by atoms with Gasteiger partial charge in [-0.25, -0.2) is 23.4 Å². The first kappa shape index (κ1) is 20.3. The number of aromatic nitrogens is 4. The van der Waals surface area contributed by atoms with Gasteiger partial charge in [-0.3, -0.25) is 9.36 Å². The number of nitrogens with zero attached hydrogens (tertiary/aromatic N) is 4. The number of anilines is 1. The maximum Gasteiger partial charge on any atom is 0.320 e. The fraction of sp³-hybridized carbons (Fsp3) is 0.571. The van der Waals surface area contributed by atoms with Crippen LogP contribution in [0.3, 0.4) is 0 Å². The van der Waals surface area contributed by atoms with Gasteiger partial charge in [-0.05, 0) is 6.42 Å². The number of sulfone groups is 1. The Morgan fingerprint density at radius 3 is 2.68 bits per heavy atom. The van der Waals surface area contributed by atoms with Gasteiger partial charge < -0.3 is 31.5 Å². The third-order valence-corrected chi connectivity index (χ3v) is 6.17. The number of hydrogen-bond acceptors (Lipinski definition) is 11. The summed E-state index contributed by atoms with van der Waals surface area (Å²) in [5.41, 5.74) is 11.5. The Morgan fingerprint density at radius 1 is 1.29 bits per heavy atom. The van der Waals surface area contributed by atoms with E-state index >= 15 is 0 Å². The molecule has 1 aliphatic rings. The number of carboxylic acids is 1. The summed E-state index contributed by atoms with van der Waals surface area (Å²) in [7, 11) is -3.80. The summed E-state index contributed by atoms with van der Waals surface area (Å²) in [5, 5.41) is 29.3. The Hall–Kier alpha value is -2.39. The highest BCUT2D eigenvalue weighted by Crippen LogP contribution is 2.32. The first-order valence-corrected chi connectivity index (χ1v) is 10.1. The molecule has 1 fully saturated rings. The second-order valence-electron chi connectivity index (χ2n) is 6.48. The lowest BCUT2D eigenvalue weighted by molar-refractivity contribution is -0.138. The number of carboxylic acid groups (broad SMARTS) is 1. The maximum atomic E-state index is 12.2. The Kier molecular flexibility index (Phi) is 5.49. The van der Waals surface area contributed by atoms with Crippen LogP contribution >= 0.6 is 0 Å². The van der Waals surface area contributed by atoms with Crippen molar-refractivity contribution in [1.29, 1.82) is 0 Å². The number of aliphatic hydroxyl groups excluding tert-OH is 2. The first-order chi connectivity index (χ1) is 13.1. The molecule has 2 unspecified atom stereocenters. The van der Waals surface area contributed by atoms with E-state index in [-0.39, 0.29) is 23.4 Å². The zero-order chi connectivity index (χ0) is 20.6. The standard InChI is InChI=1S/C14H20N6O7S/c15-6(14(23)24)1-2-28(25,26)3-7-9(21)10(22)13(27-7)20-5-19-8-11(16)17-4-18-12(8)20/h4-7,9-10,13,21-22H,1-3,15H2,(H,23,24)(H2,16,17,18)/t6?,7-,9-,10-,13?/m1/s1.